The molecule has 2 heteroatoms. The number of furan rings is 1. The number of anilines is 3. The fraction of sp³-hybridized carbons (Fsp3) is 0. The molecule has 0 aliphatic rings. The summed E-state index contributed by atoms with van der Waals surface area (Å²) in [6.45, 7) is 0. The molecule has 0 fully saturated rings. The van der Waals surface area contributed by atoms with Gasteiger partial charge < -0.3 is 9.32 Å². The molecule has 10 aromatic rings. The van der Waals surface area contributed by atoms with E-state index >= 15 is 0 Å². The van der Waals surface area contributed by atoms with Crippen LogP contribution in [0.15, 0.2) is 217 Å². The molecule has 0 spiro atoms. The van der Waals surface area contributed by atoms with Crippen LogP contribution in [-0.2, 0) is 0 Å². The highest BCUT2D eigenvalue weighted by Gasteiger charge is 2.21. The van der Waals surface area contributed by atoms with Crippen molar-refractivity contribution in [3.05, 3.63) is 212 Å². The van der Waals surface area contributed by atoms with Gasteiger partial charge in [0.15, 0.2) is 0 Å². The van der Waals surface area contributed by atoms with Crippen LogP contribution in [0.5, 0.6) is 0 Å². The van der Waals surface area contributed by atoms with E-state index in [1.165, 1.54) is 38.6 Å². The summed E-state index contributed by atoms with van der Waals surface area (Å²) in [5.41, 5.74) is 14.3. The van der Waals surface area contributed by atoms with Crippen LogP contribution in [0.25, 0.3) is 77.2 Å². The predicted octanol–water partition coefficient (Wildman–Crippen LogP) is 14.9. The van der Waals surface area contributed by atoms with E-state index in [1.54, 1.807) is 0 Å². The Hall–Kier alpha value is -7.16. The lowest BCUT2D eigenvalue weighted by molar-refractivity contribution is 0.670. The zero-order valence-electron chi connectivity index (χ0n) is 29.6. The Bertz CT molecular complexity index is 2920. The Kier molecular flexibility index (Phi) is 7.85. The minimum atomic E-state index is 0.893. The predicted molar refractivity (Wildman–Crippen MR) is 228 cm³/mol. The third kappa shape index (κ3) is 5.62. The van der Waals surface area contributed by atoms with Gasteiger partial charge in [-0.3, -0.25) is 0 Å². The van der Waals surface area contributed by atoms with E-state index in [-0.39, 0.29) is 0 Å². The van der Waals surface area contributed by atoms with Crippen LogP contribution in [0.1, 0.15) is 0 Å². The molecule has 0 aliphatic carbocycles. The molecule has 0 bridgehead atoms. The van der Waals surface area contributed by atoms with Crippen molar-refractivity contribution in [3.8, 4) is 44.5 Å². The van der Waals surface area contributed by atoms with Crippen LogP contribution in [-0.4, -0.2) is 0 Å². The van der Waals surface area contributed by atoms with Crippen LogP contribution >= 0.6 is 0 Å². The Morgan fingerprint density at radius 3 is 1.74 bits per heavy atom. The largest absolute Gasteiger partial charge is 0.455 e. The Morgan fingerprint density at radius 1 is 0.315 bits per heavy atom. The van der Waals surface area contributed by atoms with Crippen molar-refractivity contribution in [3.63, 3.8) is 0 Å². The number of benzene rings is 9. The molecule has 1 heterocycles. The summed E-state index contributed by atoms with van der Waals surface area (Å²) >= 11 is 0. The van der Waals surface area contributed by atoms with Gasteiger partial charge in [-0.05, 0) is 80.6 Å². The molecule has 0 amide bonds. The average Bonchev–Trinajstić information content (AvgIpc) is 3.64. The van der Waals surface area contributed by atoms with Gasteiger partial charge in [-0.2, -0.15) is 0 Å². The van der Waals surface area contributed by atoms with Crippen molar-refractivity contribution in [2.45, 2.75) is 0 Å². The van der Waals surface area contributed by atoms with Gasteiger partial charge in [-0.15, -0.1) is 0 Å². The quantitative estimate of drug-likeness (QED) is 0.166. The molecule has 10 rings (SSSR count). The van der Waals surface area contributed by atoms with Gasteiger partial charge in [0.1, 0.15) is 11.2 Å². The van der Waals surface area contributed by atoms with E-state index < -0.39 is 0 Å². The number of nitrogens with zero attached hydrogens (tertiary/aromatic N) is 1. The van der Waals surface area contributed by atoms with Crippen molar-refractivity contribution in [2.24, 2.45) is 0 Å². The molecule has 254 valence electrons. The van der Waals surface area contributed by atoms with Gasteiger partial charge in [0, 0.05) is 33.3 Å². The molecular weight excluding hydrogens is 655 g/mol. The monoisotopic (exact) mass is 689 g/mol. The Morgan fingerprint density at radius 2 is 0.870 bits per heavy atom. The summed E-state index contributed by atoms with van der Waals surface area (Å²) in [5.74, 6) is 0. The lowest BCUT2D eigenvalue weighted by atomic mass is 9.96. The summed E-state index contributed by atoms with van der Waals surface area (Å²) < 4.78 is 6.57. The van der Waals surface area contributed by atoms with E-state index in [0.717, 1.165) is 55.7 Å². The Labute approximate surface area is 314 Å². The highest BCUT2D eigenvalue weighted by Crippen LogP contribution is 2.45. The molecule has 54 heavy (non-hydrogen) atoms. The first-order valence-electron chi connectivity index (χ1n) is 18.4. The first kappa shape index (κ1) is 31.6. The maximum absolute atomic E-state index is 6.57. The van der Waals surface area contributed by atoms with Gasteiger partial charge in [-0.25, -0.2) is 0 Å². The molecule has 2 nitrogen and oxygen atoms in total. The molecule has 0 radical (unpaired) electrons. The van der Waals surface area contributed by atoms with Crippen LogP contribution in [0, 0.1) is 0 Å². The van der Waals surface area contributed by atoms with E-state index in [9.17, 15) is 0 Å². The average molecular weight is 690 g/mol. The second-order valence-corrected chi connectivity index (χ2v) is 13.7. The smallest absolute Gasteiger partial charge is 0.143 e. The van der Waals surface area contributed by atoms with E-state index in [4.69, 9.17) is 4.42 Å². The lowest BCUT2D eigenvalue weighted by Gasteiger charge is -2.28. The van der Waals surface area contributed by atoms with Crippen LogP contribution < -0.4 is 4.90 Å². The molecule has 1 aromatic heterocycles. The summed E-state index contributed by atoms with van der Waals surface area (Å²) in [7, 11) is 0. The van der Waals surface area contributed by atoms with Crippen molar-refractivity contribution in [1.29, 1.82) is 0 Å². The maximum Gasteiger partial charge on any atom is 0.143 e. The van der Waals surface area contributed by atoms with E-state index in [2.05, 4.69) is 205 Å². The van der Waals surface area contributed by atoms with Crippen LogP contribution in [0.4, 0.5) is 17.1 Å². The number of para-hydroxylation sites is 3. The van der Waals surface area contributed by atoms with Gasteiger partial charge in [0.05, 0.1) is 5.69 Å². The molecule has 9 aromatic carbocycles. The van der Waals surface area contributed by atoms with E-state index in [1.807, 2.05) is 12.1 Å². The topological polar surface area (TPSA) is 16.4 Å². The normalized spacial score (nSPS) is 11.3. The maximum atomic E-state index is 6.57. The van der Waals surface area contributed by atoms with Crippen LogP contribution in [0.3, 0.4) is 0 Å². The number of fused-ring (bicyclic) bond motifs is 4. The van der Waals surface area contributed by atoms with Crippen molar-refractivity contribution in [1.82, 2.24) is 0 Å². The van der Waals surface area contributed by atoms with Gasteiger partial charge in [0.2, 0.25) is 0 Å². The second-order valence-electron chi connectivity index (χ2n) is 13.7. The molecule has 0 unspecified atom stereocenters. The van der Waals surface area contributed by atoms with Gasteiger partial charge >= 0.3 is 0 Å². The number of hydrogen-bond acceptors (Lipinski definition) is 2. The fourth-order valence-electron chi connectivity index (χ4n) is 7.86. The molecule has 0 saturated heterocycles. The van der Waals surface area contributed by atoms with Crippen LogP contribution in [0.2, 0.25) is 0 Å². The summed E-state index contributed by atoms with van der Waals surface area (Å²) in [4.78, 5) is 2.37. The third-order valence-electron chi connectivity index (χ3n) is 10.5. The zero-order chi connectivity index (χ0) is 35.8. The van der Waals surface area contributed by atoms with Gasteiger partial charge in [-0.1, -0.05) is 176 Å². The fourth-order valence-corrected chi connectivity index (χ4v) is 7.86. The SMILES string of the molecule is c1ccc(-c2ccc(N(c3cccc(-c4ccc(-c5cccc6ccccc56)cc4)c3)c3ccccc3-c3cccc4c3oc3ccccc34)cc2)cc1. The number of hydrogen-bond donors (Lipinski definition) is 0. The standard InChI is InChI=1S/C52H35NO/c1-2-13-36(14-3-1)37-31-33-42(34-32-37)53(50-25-8-6-20-46(50)48-23-12-24-49-47-21-7-9-26-51(47)54-52(48)49)43-18-10-17-41(35-43)38-27-29-40(30-28-38)45-22-11-16-39-15-4-5-19-44(39)45/h1-35H. The summed E-state index contributed by atoms with van der Waals surface area (Å²) in [6, 6.07) is 75.8. The Balaban J connectivity index is 1.10. The first-order valence-corrected chi connectivity index (χ1v) is 18.4. The zero-order valence-corrected chi connectivity index (χ0v) is 29.6. The third-order valence-corrected chi connectivity index (χ3v) is 10.5. The van der Waals surface area contributed by atoms with Gasteiger partial charge in [0.25, 0.3) is 0 Å². The number of rotatable bonds is 7. The highest BCUT2D eigenvalue weighted by molar-refractivity contribution is 6.11. The molecule has 0 atom stereocenters. The second kappa shape index (κ2) is 13.4. The molecular formula is C52H35NO. The molecule has 0 saturated carbocycles. The van der Waals surface area contributed by atoms with Crippen molar-refractivity contribution >= 4 is 49.8 Å². The van der Waals surface area contributed by atoms with Crippen molar-refractivity contribution < 1.29 is 4.42 Å². The summed E-state index contributed by atoms with van der Waals surface area (Å²) in [5, 5.41) is 4.76. The molecule has 0 aliphatic heterocycles. The minimum absolute atomic E-state index is 0.893. The highest BCUT2D eigenvalue weighted by atomic mass is 16.3. The summed E-state index contributed by atoms with van der Waals surface area (Å²) in [6.07, 6.45) is 0. The van der Waals surface area contributed by atoms with Crippen molar-refractivity contribution in [2.75, 3.05) is 4.90 Å². The minimum Gasteiger partial charge on any atom is -0.455 e. The van der Waals surface area contributed by atoms with E-state index in [0.29, 0.717) is 0 Å². The molecule has 0 N–H and O–H groups in total. The first-order chi connectivity index (χ1) is 26.8. The lowest BCUT2D eigenvalue weighted by Crippen LogP contribution is -2.11.